The second-order valence-electron chi connectivity index (χ2n) is 5.05. The molecule has 0 spiro atoms. The van der Waals surface area contributed by atoms with E-state index in [0.29, 0.717) is 24.5 Å². The van der Waals surface area contributed by atoms with Crippen molar-refractivity contribution in [2.45, 2.75) is 19.4 Å². The van der Waals surface area contributed by atoms with E-state index in [1.54, 1.807) is 25.0 Å². The highest BCUT2D eigenvalue weighted by atomic mass is 79.9. The number of aliphatic hydroxyl groups is 1. The minimum atomic E-state index is -0.376. The molecular weight excluding hydrogens is 324 g/mol. The van der Waals surface area contributed by atoms with Gasteiger partial charge in [0, 0.05) is 35.2 Å². The van der Waals surface area contributed by atoms with E-state index >= 15 is 0 Å². The van der Waals surface area contributed by atoms with E-state index in [0.717, 1.165) is 10.9 Å². The van der Waals surface area contributed by atoms with Gasteiger partial charge in [0.25, 0.3) is 0 Å². The van der Waals surface area contributed by atoms with Crippen molar-refractivity contribution in [1.82, 2.24) is 4.90 Å². The summed E-state index contributed by atoms with van der Waals surface area (Å²) in [4.78, 5) is 13.9. The number of nitrogens with one attached hydrogen (secondary N) is 1. The van der Waals surface area contributed by atoms with Crippen molar-refractivity contribution in [2.75, 3.05) is 25.5 Å². The Bertz CT molecular complexity index is 493. The summed E-state index contributed by atoms with van der Waals surface area (Å²) >= 11 is 3.38. The molecule has 1 heterocycles. The number of halogens is 1. The average Bonchev–Trinajstić information content (AvgIpc) is 2.87. The lowest BCUT2D eigenvalue weighted by molar-refractivity contribution is 0.130. The largest absolute Gasteiger partial charge is 0.497 e. The van der Waals surface area contributed by atoms with E-state index < -0.39 is 0 Å². The Morgan fingerprint density at radius 1 is 1.55 bits per heavy atom. The Morgan fingerprint density at radius 3 is 2.90 bits per heavy atom. The van der Waals surface area contributed by atoms with Gasteiger partial charge >= 0.3 is 6.03 Å². The molecule has 110 valence electrons. The number of rotatable bonds is 3. The predicted molar refractivity (Wildman–Crippen MR) is 81.1 cm³/mol. The van der Waals surface area contributed by atoms with Gasteiger partial charge in [0.2, 0.25) is 0 Å². The number of methoxy groups -OCH3 is 1. The second-order valence-corrected chi connectivity index (χ2v) is 5.96. The maximum Gasteiger partial charge on any atom is 0.321 e. The van der Waals surface area contributed by atoms with E-state index in [1.807, 2.05) is 12.1 Å². The number of benzene rings is 1. The van der Waals surface area contributed by atoms with Gasteiger partial charge in [0.15, 0.2) is 0 Å². The van der Waals surface area contributed by atoms with Crippen LogP contribution in [0.5, 0.6) is 5.75 Å². The molecule has 1 fully saturated rings. The number of urea groups is 1. The molecule has 2 rings (SSSR count). The van der Waals surface area contributed by atoms with Crippen molar-refractivity contribution in [3.63, 3.8) is 0 Å². The van der Waals surface area contributed by atoms with Crippen molar-refractivity contribution >= 4 is 27.6 Å². The number of aliphatic hydroxyl groups excluding tert-OH is 1. The number of anilines is 1. The van der Waals surface area contributed by atoms with Gasteiger partial charge in [-0.2, -0.15) is 0 Å². The lowest BCUT2D eigenvalue weighted by atomic mass is 10.0. The molecule has 0 aromatic heterocycles. The molecule has 1 aliphatic heterocycles. The third-order valence-corrected chi connectivity index (χ3v) is 4.01. The number of amides is 2. The Labute approximate surface area is 127 Å². The highest BCUT2D eigenvalue weighted by Crippen LogP contribution is 2.26. The highest BCUT2D eigenvalue weighted by Gasteiger charge is 2.29. The van der Waals surface area contributed by atoms with Crippen LogP contribution in [0.4, 0.5) is 10.5 Å². The lowest BCUT2D eigenvalue weighted by Gasteiger charge is -2.18. The maximum atomic E-state index is 12.2. The van der Waals surface area contributed by atoms with Crippen LogP contribution >= 0.6 is 15.9 Å². The maximum absolute atomic E-state index is 12.2. The second kappa shape index (κ2) is 6.45. The van der Waals surface area contributed by atoms with E-state index in [1.165, 1.54) is 0 Å². The first kappa shape index (κ1) is 15.1. The molecule has 0 aliphatic carbocycles. The van der Waals surface area contributed by atoms with Crippen molar-refractivity contribution < 1.29 is 14.6 Å². The quantitative estimate of drug-likeness (QED) is 0.887. The minimum Gasteiger partial charge on any atom is -0.497 e. The van der Waals surface area contributed by atoms with Crippen molar-refractivity contribution in [1.29, 1.82) is 0 Å². The fourth-order valence-corrected chi connectivity index (χ4v) is 2.79. The number of hydrogen-bond acceptors (Lipinski definition) is 3. The molecule has 5 nitrogen and oxygen atoms in total. The molecule has 1 aromatic carbocycles. The van der Waals surface area contributed by atoms with Gasteiger partial charge in [-0.1, -0.05) is 15.9 Å². The summed E-state index contributed by atoms with van der Waals surface area (Å²) in [5, 5.41) is 12.4. The summed E-state index contributed by atoms with van der Waals surface area (Å²) in [6.07, 6.45) is 0.464. The number of carbonyl (C=O) groups is 1. The highest BCUT2D eigenvalue weighted by molar-refractivity contribution is 9.10. The molecule has 20 heavy (non-hydrogen) atoms. The van der Waals surface area contributed by atoms with Crippen LogP contribution in [0.1, 0.15) is 13.3 Å². The Kier molecular flexibility index (Phi) is 4.88. The standard InChI is InChI=1S/C14H19BrN2O3/c1-9(18)10-3-4-17(8-10)14(19)16-12-5-11(15)6-13(7-12)20-2/h5-7,9-10,18H,3-4,8H2,1-2H3,(H,16,19)/t9-,10+/m1/s1. The third kappa shape index (κ3) is 3.64. The zero-order valence-electron chi connectivity index (χ0n) is 11.6. The zero-order chi connectivity index (χ0) is 14.7. The van der Waals surface area contributed by atoms with Crippen molar-refractivity contribution in [3.05, 3.63) is 22.7 Å². The van der Waals surface area contributed by atoms with Crippen LogP contribution in [0.25, 0.3) is 0 Å². The molecule has 0 saturated carbocycles. The molecule has 1 aliphatic rings. The van der Waals surface area contributed by atoms with Gasteiger partial charge in [-0.3, -0.25) is 0 Å². The van der Waals surface area contributed by atoms with Gasteiger partial charge < -0.3 is 20.1 Å². The van der Waals surface area contributed by atoms with Crippen LogP contribution in [-0.4, -0.2) is 42.3 Å². The number of likely N-dealkylation sites (tertiary alicyclic amines) is 1. The average molecular weight is 343 g/mol. The van der Waals surface area contributed by atoms with Crippen LogP contribution in [-0.2, 0) is 0 Å². The molecule has 0 unspecified atom stereocenters. The fraction of sp³-hybridized carbons (Fsp3) is 0.500. The van der Waals surface area contributed by atoms with E-state index in [4.69, 9.17) is 4.74 Å². The van der Waals surface area contributed by atoms with Gasteiger partial charge in [0.1, 0.15) is 5.75 Å². The number of hydrogen-bond donors (Lipinski definition) is 2. The van der Waals surface area contributed by atoms with E-state index in [2.05, 4.69) is 21.2 Å². The van der Waals surface area contributed by atoms with Crippen molar-refractivity contribution in [2.24, 2.45) is 5.92 Å². The van der Waals surface area contributed by atoms with Crippen LogP contribution in [0.15, 0.2) is 22.7 Å². The van der Waals surface area contributed by atoms with Gasteiger partial charge in [-0.15, -0.1) is 0 Å². The first-order valence-corrected chi connectivity index (χ1v) is 7.37. The molecule has 2 amide bonds. The topological polar surface area (TPSA) is 61.8 Å². The molecule has 0 bridgehead atoms. The van der Waals surface area contributed by atoms with Gasteiger partial charge in [-0.05, 0) is 25.5 Å². The number of ether oxygens (including phenoxy) is 1. The lowest BCUT2D eigenvalue weighted by Crippen LogP contribution is -2.34. The third-order valence-electron chi connectivity index (χ3n) is 3.55. The van der Waals surface area contributed by atoms with Gasteiger partial charge in [-0.25, -0.2) is 4.79 Å². The Hall–Kier alpha value is -1.27. The van der Waals surface area contributed by atoms with Crippen LogP contribution in [0, 0.1) is 5.92 Å². The fourth-order valence-electron chi connectivity index (χ4n) is 2.32. The van der Waals surface area contributed by atoms with E-state index in [9.17, 15) is 9.90 Å². The summed E-state index contributed by atoms with van der Waals surface area (Å²) < 4.78 is 6.01. The van der Waals surface area contributed by atoms with Crippen LogP contribution in [0.2, 0.25) is 0 Å². The zero-order valence-corrected chi connectivity index (χ0v) is 13.2. The summed E-state index contributed by atoms with van der Waals surface area (Å²) in [5.74, 6) is 0.843. The number of nitrogens with zero attached hydrogens (tertiary/aromatic N) is 1. The Balaban J connectivity index is 2.00. The summed E-state index contributed by atoms with van der Waals surface area (Å²) in [7, 11) is 1.58. The monoisotopic (exact) mass is 342 g/mol. The molecule has 2 N–H and O–H groups in total. The van der Waals surface area contributed by atoms with Crippen LogP contribution in [0.3, 0.4) is 0 Å². The summed E-state index contributed by atoms with van der Waals surface area (Å²) in [6.45, 7) is 3.03. The molecule has 1 saturated heterocycles. The number of carbonyl (C=O) groups excluding carboxylic acids is 1. The van der Waals surface area contributed by atoms with E-state index in [-0.39, 0.29) is 18.1 Å². The normalized spacial score (nSPS) is 19.8. The predicted octanol–water partition coefficient (Wildman–Crippen LogP) is 2.69. The molecule has 6 heteroatoms. The summed E-state index contributed by atoms with van der Waals surface area (Å²) in [6, 6.07) is 5.27. The van der Waals surface area contributed by atoms with Gasteiger partial charge in [0.05, 0.1) is 13.2 Å². The molecular formula is C14H19BrN2O3. The molecule has 2 atom stereocenters. The minimum absolute atomic E-state index is 0.145. The molecule has 0 radical (unpaired) electrons. The smallest absolute Gasteiger partial charge is 0.321 e. The molecule has 1 aromatic rings. The van der Waals surface area contributed by atoms with Crippen molar-refractivity contribution in [3.8, 4) is 5.75 Å². The summed E-state index contributed by atoms with van der Waals surface area (Å²) in [5.41, 5.74) is 0.682. The SMILES string of the molecule is COc1cc(Br)cc(NC(=O)N2CC[C@H]([C@@H](C)O)C2)c1. The van der Waals surface area contributed by atoms with Crippen LogP contribution < -0.4 is 10.1 Å². The Morgan fingerprint density at radius 2 is 2.30 bits per heavy atom. The first-order valence-electron chi connectivity index (χ1n) is 6.58. The first-order chi connectivity index (χ1) is 9.49.